The first-order chi connectivity index (χ1) is 8.34. The van der Waals surface area contributed by atoms with Gasteiger partial charge in [0.05, 0.1) is 6.04 Å². The van der Waals surface area contributed by atoms with Crippen LogP contribution in [0.15, 0.2) is 4.79 Å². The monoisotopic (exact) mass is 236 g/mol. The molecule has 0 saturated heterocycles. The van der Waals surface area contributed by atoms with Crippen LogP contribution in [0.3, 0.4) is 0 Å². The summed E-state index contributed by atoms with van der Waals surface area (Å²) in [4.78, 5) is 12.0. The average Bonchev–Trinajstić information content (AvgIpc) is 2.86. The largest absolute Gasteiger partial charge is 0.363 e. The summed E-state index contributed by atoms with van der Waals surface area (Å²) in [6.45, 7) is 0.738. The van der Waals surface area contributed by atoms with Crippen molar-refractivity contribution >= 4 is 0 Å². The number of nitrogens with zero attached hydrogens (tertiary/aromatic N) is 4. The molecule has 5 nitrogen and oxygen atoms in total. The highest BCUT2D eigenvalue weighted by Gasteiger charge is 2.22. The van der Waals surface area contributed by atoms with E-state index >= 15 is 0 Å². The lowest BCUT2D eigenvalue weighted by molar-refractivity contribution is 0.440. The Morgan fingerprint density at radius 3 is 2.59 bits per heavy atom. The molecule has 0 aliphatic heterocycles. The van der Waals surface area contributed by atoms with Crippen LogP contribution in [0.25, 0.3) is 0 Å². The molecule has 0 amide bonds. The summed E-state index contributed by atoms with van der Waals surface area (Å²) in [6.07, 6.45) is 9.66. The van der Waals surface area contributed by atoms with E-state index in [1.54, 1.807) is 9.36 Å². The van der Waals surface area contributed by atoms with Gasteiger partial charge in [-0.05, 0) is 42.0 Å². The van der Waals surface area contributed by atoms with Crippen LogP contribution < -0.4 is 5.69 Å². The summed E-state index contributed by atoms with van der Waals surface area (Å²) < 4.78 is 3.14. The second-order valence-corrected chi connectivity index (χ2v) is 5.45. The highest BCUT2D eigenvalue weighted by molar-refractivity contribution is 4.75. The SMILES string of the molecule is O=c1n(CCCC2CC2)nnn1C1CCCC1. The molecule has 0 bridgehead atoms. The Hall–Kier alpha value is -1.13. The molecular weight excluding hydrogens is 216 g/mol. The lowest BCUT2D eigenvalue weighted by Crippen LogP contribution is -2.27. The van der Waals surface area contributed by atoms with E-state index < -0.39 is 0 Å². The van der Waals surface area contributed by atoms with E-state index in [4.69, 9.17) is 0 Å². The minimum atomic E-state index is -0.00676. The first-order valence-corrected chi connectivity index (χ1v) is 6.87. The molecule has 0 N–H and O–H groups in total. The van der Waals surface area contributed by atoms with Gasteiger partial charge in [0.15, 0.2) is 0 Å². The summed E-state index contributed by atoms with van der Waals surface area (Å²) in [5, 5.41) is 8.02. The van der Waals surface area contributed by atoms with Crippen molar-refractivity contribution in [1.29, 1.82) is 0 Å². The standard InChI is InChI=1S/C12H20N4O/c17-12-15(9-3-4-10-7-8-10)13-14-16(12)11-5-1-2-6-11/h10-11H,1-9H2. The first-order valence-electron chi connectivity index (χ1n) is 6.87. The molecule has 2 aliphatic carbocycles. The van der Waals surface area contributed by atoms with Crippen LogP contribution in [-0.4, -0.2) is 19.8 Å². The van der Waals surface area contributed by atoms with Crippen LogP contribution >= 0.6 is 0 Å². The van der Waals surface area contributed by atoms with Crippen LogP contribution in [-0.2, 0) is 6.54 Å². The second-order valence-electron chi connectivity index (χ2n) is 5.45. The summed E-state index contributed by atoms with van der Waals surface area (Å²) in [7, 11) is 0. The van der Waals surface area contributed by atoms with Crippen molar-refractivity contribution in [2.45, 2.75) is 64.0 Å². The van der Waals surface area contributed by atoms with Crippen LogP contribution in [0.4, 0.5) is 0 Å². The zero-order valence-electron chi connectivity index (χ0n) is 10.2. The molecule has 0 atom stereocenters. The molecule has 0 unspecified atom stereocenters. The number of aromatic nitrogens is 4. The maximum atomic E-state index is 12.0. The van der Waals surface area contributed by atoms with Crippen molar-refractivity contribution in [2.24, 2.45) is 5.92 Å². The van der Waals surface area contributed by atoms with Crippen LogP contribution in [0.1, 0.15) is 57.4 Å². The van der Waals surface area contributed by atoms with Crippen molar-refractivity contribution < 1.29 is 0 Å². The predicted molar refractivity (Wildman–Crippen MR) is 63.7 cm³/mol. The Labute approximate surface area is 101 Å². The van der Waals surface area contributed by atoms with Gasteiger partial charge in [-0.3, -0.25) is 0 Å². The van der Waals surface area contributed by atoms with Gasteiger partial charge in [0, 0.05) is 6.54 Å². The highest BCUT2D eigenvalue weighted by atomic mass is 16.2. The number of rotatable bonds is 5. The maximum Gasteiger partial charge on any atom is 0.363 e. The van der Waals surface area contributed by atoms with Crippen molar-refractivity contribution in [1.82, 2.24) is 19.8 Å². The van der Waals surface area contributed by atoms with Crippen molar-refractivity contribution in [2.75, 3.05) is 0 Å². The number of tetrazole rings is 1. The third-order valence-electron chi connectivity index (χ3n) is 4.01. The lowest BCUT2D eigenvalue weighted by Gasteiger charge is -2.05. The fraction of sp³-hybridized carbons (Fsp3) is 0.917. The molecule has 5 heteroatoms. The normalized spacial score (nSPS) is 21.2. The van der Waals surface area contributed by atoms with E-state index in [1.165, 1.54) is 32.1 Å². The topological polar surface area (TPSA) is 52.7 Å². The molecule has 2 fully saturated rings. The van der Waals surface area contributed by atoms with Crippen molar-refractivity contribution in [3.05, 3.63) is 10.5 Å². The Morgan fingerprint density at radius 1 is 1.12 bits per heavy atom. The highest BCUT2D eigenvalue weighted by Crippen LogP contribution is 2.33. The minimum Gasteiger partial charge on any atom is -0.244 e. The number of hydrogen-bond acceptors (Lipinski definition) is 3. The zero-order valence-corrected chi connectivity index (χ0v) is 10.2. The Kier molecular flexibility index (Phi) is 2.99. The molecule has 1 aromatic heterocycles. The molecule has 0 aromatic carbocycles. The van der Waals surface area contributed by atoms with Gasteiger partial charge in [-0.1, -0.05) is 25.7 Å². The third kappa shape index (κ3) is 2.42. The lowest BCUT2D eigenvalue weighted by atomic mass is 10.2. The van der Waals surface area contributed by atoms with Gasteiger partial charge in [0.2, 0.25) is 0 Å². The molecule has 17 heavy (non-hydrogen) atoms. The fourth-order valence-corrected chi connectivity index (χ4v) is 2.74. The molecule has 1 aromatic rings. The quantitative estimate of drug-likeness (QED) is 0.782. The number of aryl methyl sites for hydroxylation is 1. The Morgan fingerprint density at radius 2 is 1.88 bits per heavy atom. The van der Waals surface area contributed by atoms with E-state index in [0.717, 1.165) is 31.7 Å². The predicted octanol–water partition coefficient (Wildman–Crippen LogP) is 1.75. The smallest absolute Gasteiger partial charge is 0.244 e. The molecule has 2 saturated carbocycles. The van der Waals surface area contributed by atoms with Gasteiger partial charge < -0.3 is 0 Å². The van der Waals surface area contributed by atoms with Crippen molar-refractivity contribution in [3.63, 3.8) is 0 Å². The van der Waals surface area contributed by atoms with E-state index in [0.29, 0.717) is 6.04 Å². The maximum absolute atomic E-state index is 12.0. The zero-order chi connectivity index (χ0) is 11.7. The van der Waals surface area contributed by atoms with E-state index in [-0.39, 0.29) is 5.69 Å². The van der Waals surface area contributed by atoms with Gasteiger partial charge in [0.1, 0.15) is 0 Å². The molecule has 2 aliphatic rings. The van der Waals surface area contributed by atoms with Gasteiger partial charge in [-0.25, -0.2) is 4.79 Å². The van der Waals surface area contributed by atoms with Crippen LogP contribution in [0.5, 0.6) is 0 Å². The van der Waals surface area contributed by atoms with Crippen molar-refractivity contribution in [3.8, 4) is 0 Å². The molecular formula is C12H20N4O. The van der Waals surface area contributed by atoms with Crippen LogP contribution in [0.2, 0.25) is 0 Å². The second kappa shape index (κ2) is 4.63. The summed E-state index contributed by atoms with van der Waals surface area (Å²) in [6, 6.07) is 0.305. The average molecular weight is 236 g/mol. The van der Waals surface area contributed by atoms with E-state index in [2.05, 4.69) is 10.4 Å². The number of hydrogen-bond donors (Lipinski definition) is 0. The summed E-state index contributed by atoms with van der Waals surface area (Å²) in [5.74, 6) is 0.926. The van der Waals surface area contributed by atoms with Gasteiger partial charge in [-0.2, -0.15) is 9.36 Å². The fourth-order valence-electron chi connectivity index (χ4n) is 2.74. The Bertz CT molecular complexity index is 426. The first kappa shape index (κ1) is 11.0. The summed E-state index contributed by atoms with van der Waals surface area (Å²) in [5.41, 5.74) is -0.00676. The summed E-state index contributed by atoms with van der Waals surface area (Å²) >= 11 is 0. The molecule has 3 rings (SSSR count). The van der Waals surface area contributed by atoms with Gasteiger partial charge in [-0.15, -0.1) is 0 Å². The molecule has 94 valence electrons. The van der Waals surface area contributed by atoms with Gasteiger partial charge >= 0.3 is 5.69 Å². The van der Waals surface area contributed by atoms with E-state index in [1.807, 2.05) is 0 Å². The Balaban J connectivity index is 1.61. The van der Waals surface area contributed by atoms with E-state index in [9.17, 15) is 4.79 Å². The minimum absolute atomic E-state index is 0.00676. The van der Waals surface area contributed by atoms with Gasteiger partial charge in [0.25, 0.3) is 0 Å². The molecule has 1 heterocycles. The third-order valence-corrected chi connectivity index (χ3v) is 4.01. The molecule has 0 radical (unpaired) electrons. The molecule has 0 spiro atoms. The van der Waals surface area contributed by atoms with Crippen LogP contribution in [0, 0.1) is 5.92 Å².